The lowest BCUT2D eigenvalue weighted by Crippen LogP contribution is -2.43. The van der Waals surface area contributed by atoms with E-state index in [2.05, 4.69) is 16.2 Å². The van der Waals surface area contributed by atoms with Crippen molar-refractivity contribution in [3.63, 3.8) is 0 Å². The van der Waals surface area contributed by atoms with Crippen LogP contribution in [0, 0.1) is 5.82 Å². The van der Waals surface area contributed by atoms with Gasteiger partial charge in [-0.15, -0.1) is 0 Å². The highest BCUT2D eigenvalue weighted by atomic mass is 32.1. The molecule has 2 aromatic carbocycles. The third kappa shape index (κ3) is 6.23. The summed E-state index contributed by atoms with van der Waals surface area (Å²) in [6, 6.07) is 13.1. The number of carbonyl (C=O) groups is 1. The van der Waals surface area contributed by atoms with Crippen LogP contribution >= 0.6 is 12.2 Å². The van der Waals surface area contributed by atoms with E-state index < -0.39 is 0 Å². The molecule has 0 spiro atoms. The van der Waals surface area contributed by atoms with Crippen LogP contribution in [0.3, 0.4) is 0 Å². The highest BCUT2D eigenvalue weighted by molar-refractivity contribution is 7.80. The van der Waals surface area contributed by atoms with Crippen LogP contribution in [0.25, 0.3) is 6.08 Å². The Hall–Kier alpha value is -2.93. The first kappa shape index (κ1) is 18.4. The predicted octanol–water partition coefficient (Wildman–Crippen LogP) is 3.26. The molecule has 0 aliphatic carbocycles. The minimum Gasteiger partial charge on any atom is -0.493 e. The van der Waals surface area contributed by atoms with E-state index in [1.54, 1.807) is 6.08 Å². The second-order valence-electron chi connectivity index (χ2n) is 4.88. The molecule has 3 N–H and O–H groups in total. The molecular formula is C18H18FN3O2S. The molecule has 25 heavy (non-hydrogen) atoms. The van der Waals surface area contributed by atoms with Gasteiger partial charge in [0, 0.05) is 17.3 Å². The summed E-state index contributed by atoms with van der Waals surface area (Å²) in [6.07, 6.45) is 3.02. The zero-order chi connectivity index (χ0) is 18.1. The second-order valence-corrected chi connectivity index (χ2v) is 5.29. The Morgan fingerprint density at radius 1 is 1.16 bits per heavy atom. The number of hydrogen-bond acceptors (Lipinski definition) is 3. The maximum Gasteiger partial charge on any atom is 0.262 e. The first-order valence-corrected chi connectivity index (χ1v) is 8.01. The number of ether oxygens (including phenoxy) is 1. The Bertz CT molecular complexity index is 763. The number of nitrogens with one attached hydrogen (secondary N) is 3. The van der Waals surface area contributed by atoms with Gasteiger partial charge in [-0.05, 0) is 55.5 Å². The molecule has 130 valence electrons. The summed E-state index contributed by atoms with van der Waals surface area (Å²) in [7, 11) is 0. The summed E-state index contributed by atoms with van der Waals surface area (Å²) < 4.78 is 18.3. The van der Waals surface area contributed by atoms with E-state index >= 15 is 0 Å². The molecule has 0 bridgehead atoms. The molecule has 0 saturated carbocycles. The largest absolute Gasteiger partial charge is 0.493 e. The van der Waals surface area contributed by atoms with Gasteiger partial charge in [-0.1, -0.05) is 18.2 Å². The van der Waals surface area contributed by atoms with Crippen LogP contribution in [0.5, 0.6) is 5.75 Å². The normalized spacial score (nSPS) is 10.3. The first-order chi connectivity index (χ1) is 12.1. The Labute approximate surface area is 150 Å². The van der Waals surface area contributed by atoms with Crippen molar-refractivity contribution in [2.75, 3.05) is 11.9 Å². The Balaban J connectivity index is 1.84. The fourth-order valence-electron chi connectivity index (χ4n) is 1.93. The Morgan fingerprint density at radius 2 is 1.88 bits per heavy atom. The van der Waals surface area contributed by atoms with E-state index in [1.807, 2.05) is 31.2 Å². The van der Waals surface area contributed by atoms with E-state index in [9.17, 15) is 9.18 Å². The van der Waals surface area contributed by atoms with Crippen LogP contribution in [-0.4, -0.2) is 17.6 Å². The first-order valence-electron chi connectivity index (χ1n) is 7.61. The Morgan fingerprint density at radius 3 is 2.60 bits per heavy atom. The van der Waals surface area contributed by atoms with E-state index in [0.29, 0.717) is 18.0 Å². The molecular weight excluding hydrogens is 341 g/mol. The minimum atomic E-state index is -0.380. The van der Waals surface area contributed by atoms with Gasteiger partial charge in [0.25, 0.3) is 5.91 Å². The summed E-state index contributed by atoms with van der Waals surface area (Å²) in [6.45, 7) is 2.44. The fourth-order valence-corrected chi connectivity index (χ4v) is 2.10. The van der Waals surface area contributed by atoms with Gasteiger partial charge in [0.1, 0.15) is 11.6 Å². The van der Waals surface area contributed by atoms with Crippen LogP contribution in [-0.2, 0) is 4.79 Å². The molecule has 0 heterocycles. The maximum atomic E-state index is 12.8. The summed E-state index contributed by atoms with van der Waals surface area (Å²) in [5.41, 5.74) is 6.41. The summed E-state index contributed by atoms with van der Waals surface area (Å²) >= 11 is 5.05. The van der Waals surface area contributed by atoms with Crippen molar-refractivity contribution in [1.82, 2.24) is 10.9 Å². The number of thiocarbonyl (C=S) groups is 1. The van der Waals surface area contributed by atoms with Crippen molar-refractivity contribution < 1.29 is 13.9 Å². The van der Waals surface area contributed by atoms with Gasteiger partial charge in [-0.25, -0.2) is 4.39 Å². The average Bonchev–Trinajstić information content (AvgIpc) is 2.61. The molecule has 0 atom stereocenters. The lowest BCUT2D eigenvalue weighted by molar-refractivity contribution is -0.116. The van der Waals surface area contributed by atoms with Gasteiger partial charge in [-0.3, -0.25) is 15.6 Å². The zero-order valence-electron chi connectivity index (χ0n) is 13.6. The monoisotopic (exact) mass is 359 g/mol. The van der Waals surface area contributed by atoms with Crippen molar-refractivity contribution >= 4 is 35.0 Å². The molecule has 7 heteroatoms. The van der Waals surface area contributed by atoms with Gasteiger partial charge in [0.2, 0.25) is 0 Å². The van der Waals surface area contributed by atoms with E-state index in [4.69, 9.17) is 17.0 Å². The van der Waals surface area contributed by atoms with Gasteiger partial charge in [0.15, 0.2) is 5.11 Å². The molecule has 0 saturated heterocycles. The van der Waals surface area contributed by atoms with Gasteiger partial charge < -0.3 is 10.1 Å². The highest BCUT2D eigenvalue weighted by Gasteiger charge is 2.02. The number of para-hydroxylation sites is 1. The number of amides is 1. The molecule has 5 nitrogen and oxygen atoms in total. The van der Waals surface area contributed by atoms with Crippen molar-refractivity contribution in [1.29, 1.82) is 0 Å². The summed E-state index contributed by atoms with van der Waals surface area (Å²) in [5, 5.41) is 3.00. The van der Waals surface area contributed by atoms with Gasteiger partial charge in [-0.2, -0.15) is 0 Å². The van der Waals surface area contributed by atoms with E-state index in [-0.39, 0.29) is 16.8 Å². The van der Waals surface area contributed by atoms with Crippen molar-refractivity contribution in [3.05, 3.63) is 66.0 Å². The lowest BCUT2D eigenvalue weighted by atomic mass is 10.2. The molecule has 2 rings (SSSR count). The third-order valence-corrected chi connectivity index (χ3v) is 3.24. The number of anilines is 1. The quantitative estimate of drug-likeness (QED) is 0.435. The van der Waals surface area contributed by atoms with Crippen LogP contribution in [0.1, 0.15) is 12.5 Å². The molecule has 1 amide bonds. The van der Waals surface area contributed by atoms with Crippen molar-refractivity contribution in [2.24, 2.45) is 0 Å². The molecule has 0 aliphatic heterocycles. The maximum absolute atomic E-state index is 12.8. The summed E-state index contributed by atoms with van der Waals surface area (Å²) in [5.74, 6) is -0.0136. The second kappa shape index (κ2) is 9.39. The van der Waals surface area contributed by atoms with Crippen molar-refractivity contribution in [2.45, 2.75) is 6.92 Å². The van der Waals surface area contributed by atoms with Crippen LogP contribution < -0.4 is 20.9 Å². The van der Waals surface area contributed by atoms with E-state index in [1.165, 1.54) is 30.3 Å². The molecule has 0 radical (unpaired) electrons. The highest BCUT2D eigenvalue weighted by Crippen LogP contribution is 2.19. The molecule has 0 unspecified atom stereocenters. The topological polar surface area (TPSA) is 62.4 Å². The lowest BCUT2D eigenvalue weighted by Gasteiger charge is -2.10. The van der Waals surface area contributed by atoms with Crippen LogP contribution in [0.4, 0.5) is 10.1 Å². The number of hydrogen-bond donors (Lipinski definition) is 3. The number of carbonyl (C=O) groups excluding carboxylic acids is 1. The number of halogens is 1. The number of benzene rings is 2. The van der Waals surface area contributed by atoms with Gasteiger partial charge >= 0.3 is 0 Å². The van der Waals surface area contributed by atoms with Crippen molar-refractivity contribution in [3.8, 4) is 5.75 Å². The molecule has 0 aromatic heterocycles. The van der Waals surface area contributed by atoms with Crippen LogP contribution in [0.2, 0.25) is 0 Å². The van der Waals surface area contributed by atoms with Crippen LogP contribution in [0.15, 0.2) is 54.6 Å². The SMILES string of the molecule is CCOc1ccccc1/C=C/C(=O)NNC(=S)Nc1ccc(F)cc1. The Kier molecular flexibility index (Phi) is 6.91. The van der Waals surface area contributed by atoms with E-state index in [0.717, 1.165) is 5.56 Å². The predicted molar refractivity (Wildman–Crippen MR) is 101 cm³/mol. The minimum absolute atomic E-state index is 0.183. The fraction of sp³-hybridized carbons (Fsp3) is 0.111. The number of hydrazine groups is 1. The summed E-state index contributed by atoms with van der Waals surface area (Å²) in [4.78, 5) is 11.8. The molecule has 0 aliphatic rings. The standard InChI is InChI=1S/C18H18FN3O2S/c1-2-24-16-6-4-3-5-13(16)7-12-17(23)21-22-18(25)20-15-10-8-14(19)9-11-15/h3-12H,2H2,1H3,(H,21,23)(H2,20,22,25)/b12-7+. The average molecular weight is 359 g/mol. The molecule has 0 fully saturated rings. The third-order valence-electron chi connectivity index (χ3n) is 3.03. The zero-order valence-corrected chi connectivity index (χ0v) is 14.4. The number of rotatable bonds is 5. The van der Waals surface area contributed by atoms with Gasteiger partial charge in [0.05, 0.1) is 6.61 Å². The molecule has 2 aromatic rings. The smallest absolute Gasteiger partial charge is 0.262 e.